The summed E-state index contributed by atoms with van der Waals surface area (Å²) in [5, 5.41) is 3.31. The summed E-state index contributed by atoms with van der Waals surface area (Å²) >= 11 is 0. The molecule has 0 fully saturated rings. The quantitative estimate of drug-likeness (QED) is 0.729. The molecule has 0 aliphatic rings. The zero-order valence-corrected chi connectivity index (χ0v) is 7.38. The van der Waals surface area contributed by atoms with E-state index in [0.717, 1.165) is 5.56 Å². The largest absolute Gasteiger partial charge is 0.237 e. The lowest BCUT2D eigenvalue weighted by atomic mass is 10.2. The van der Waals surface area contributed by atoms with E-state index in [4.69, 9.17) is 5.53 Å². The second-order valence-corrected chi connectivity index (χ2v) is 2.73. The van der Waals surface area contributed by atoms with Crippen molar-refractivity contribution in [3.63, 3.8) is 0 Å². The second kappa shape index (κ2) is 3.74. The molecule has 0 saturated heterocycles. The molecule has 0 aliphatic heterocycles. The number of rotatable bonds is 2. The van der Waals surface area contributed by atoms with Gasteiger partial charge in [-0.3, -0.25) is 0 Å². The van der Waals surface area contributed by atoms with Crippen LogP contribution in [0, 0.1) is 5.53 Å². The maximum absolute atomic E-state index is 6.81. The van der Waals surface area contributed by atoms with Gasteiger partial charge < -0.3 is 0 Å². The van der Waals surface area contributed by atoms with Gasteiger partial charge in [-0.05, 0) is 30.3 Å². The van der Waals surface area contributed by atoms with Gasteiger partial charge in [0.05, 0.1) is 5.69 Å². The lowest BCUT2D eigenvalue weighted by Gasteiger charge is -1.98. The summed E-state index contributed by atoms with van der Waals surface area (Å²) in [6.07, 6.45) is 3.40. The minimum Gasteiger partial charge on any atom is -0.237 e. The monoisotopic (exact) mass is 184 g/mol. The van der Waals surface area contributed by atoms with E-state index in [1.54, 1.807) is 30.6 Å². The van der Waals surface area contributed by atoms with Gasteiger partial charge in [0.25, 0.3) is 0 Å². The van der Waals surface area contributed by atoms with Gasteiger partial charge in [0.1, 0.15) is 0 Å². The van der Waals surface area contributed by atoms with Crippen LogP contribution in [0.15, 0.2) is 47.8 Å². The summed E-state index contributed by atoms with van der Waals surface area (Å²) in [6, 6.07) is 9.00. The normalized spacial score (nSPS) is 9.71. The molecule has 0 aliphatic carbocycles. The average molecular weight is 184 g/mol. The van der Waals surface area contributed by atoms with Gasteiger partial charge in [-0.1, -0.05) is 0 Å². The van der Waals surface area contributed by atoms with Crippen LogP contribution < -0.4 is 0 Å². The summed E-state index contributed by atoms with van der Waals surface area (Å²) in [5.41, 5.74) is 8.37. The molecule has 0 amide bonds. The molecule has 0 spiro atoms. The minimum atomic E-state index is 0.629. The van der Waals surface area contributed by atoms with E-state index in [2.05, 4.69) is 15.1 Å². The Balaban J connectivity index is 2.39. The van der Waals surface area contributed by atoms with Crippen molar-refractivity contribution < 1.29 is 0 Å². The number of benzene rings is 1. The van der Waals surface area contributed by atoms with Gasteiger partial charge >= 0.3 is 0 Å². The fraction of sp³-hybridized carbons (Fsp3) is 0. The molecule has 0 atom stereocenters. The maximum Gasteiger partial charge on any atom is 0.159 e. The SMILES string of the molecule is N=Nc1ccc(-c2ncccn2)cc1. The van der Waals surface area contributed by atoms with Crippen LogP contribution in [0.4, 0.5) is 5.69 Å². The zero-order chi connectivity index (χ0) is 9.80. The highest BCUT2D eigenvalue weighted by Gasteiger charge is 1.98. The van der Waals surface area contributed by atoms with Gasteiger partial charge in [-0.15, -0.1) is 0 Å². The van der Waals surface area contributed by atoms with Crippen LogP contribution in [0.5, 0.6) is 0 Å². The fourth-order valence-corrected chi connectivity index (χ4v) is 1.13. The Hall–Kier alpha value is -2.10. The van der Waals surface area contributed by atoms with Crippen molar-refractivity contribution in [3.05, 3.63) is 42.7 Å². The van der Waals surface area contributed by atoms with Crippen LogP contribution in [-0.2, 0) is 0 Å². The molecule has 1 N–H and O–H groups in total. The van der Waals surface area contributed by atoms with Gasteiger partial charge in [-0.2, -0.15) is 5.11 Å². The molecule has 0 radical (unpaired) electrons. The van der Waals surface area contributed by atoms with E-state index in [9.17, 15) is 0 Å². The molecule has 14 heavy (non-hydrogen) atoms. The Kier molecular flexibility index (Phi) is 2.27. The van der Waals surface area contributed by atoms with Crippen LogP contribution in [0.3, 0.4) is 0 Å². The first-order valence-electron chi connectivity index (χ1n) is 4.15. The Morgan fingerprint density at radius 1 is 1.00 bits per heavy atom. The van der Waals surface area contributed by atoms with Crippen molar-refractivity contribution in [2.45, 2.75) is 0 Å². The van der Waals surface area contributed by atoms with Crippen molar-refractivity contribution >= 4 is 5.69 Å². The van der Waals surface area contributed by atoms with Gasteiger partial charge in [0, 0.05) is 18.0 Å². The molecule has 0 unspecified atom stereocenters. The van der Waals surface area contributed by atoms with Crippen molar-refractivity contribution in [3.8, 4) is 11.4 Å². The standard InChI is InChI=1S/C10H8N4/c11-14-9-4-2-8(3-5-9)10-12-6-1-7-13-10/h1-7,11H. The molecule has 1 heterocycles. The summed E-state index contributed by atoms with van der Waals surface area (Å²) in [6.45, 7) is 0. The highest BCUT2D eigenvalue weighted by atomic mass is 15.0. The molecule has 2 rings (SSSR count). The molecule has 68 valence electrons. The molecule has 0 bridgehead atoms. The van der Waals surface area contributed by atoms with Crippen LogP contribution in [0.1, 0.15) is 0 Å². The lowest BCUT2D eigenvalue weighted by molar-refractivity contribution is 1.14. The first kappa shape index (κ1) is 8.50. The third-order valence-corrected chi connectivity index (χ3v) is 1.82. The zero-order valence-electron chi connectivity index (χ0n) is 7.38. The first-order chi connectivity index (χ1) is 6.90. The molecule has 1 aromatic heterocycles. The highest BCUT2D eigenvalue weighted by molar-refractivity contribution is 5.57. The summed E-state index contributed by atoms with van der Waals surface area (Å²) in [4.78, 5) is 8.23. The molecular weight excluding hydrogens is 176 g/mol. The fourth-order valence-electron chi connectivity index (χ4n) is 1.13. The van der Waals surface area contributed by atoms with Crippen molar-refractivity contribution in [2.24, 2.45) is 5.11 Å². The van der Waals surface area contributed by atoms with E-state index in [1.807, 2.05) is 12.1 Å². The Bertz CT molecular complexity index is 422. The third-order valence-electron chi connectivity index (χ3n) is 1.82. The number of nitrogens with one attached hydrogen (secondary N) is 1. The maximum atomic E-state index is 6.81. The number of nitrogens with zero attached hydrogens (tertiary/aromatic N) is 3. The van der Waals surface area contributed by atoms with E-state index < -0.39 is 0 Å². The second-order valence-electron chi connectivity index (χ2n) is 2.73. The van der Waals surface area contributed by atoms with E-state index in [1.165, 1.54) is 0 Å². The smallest absolute Gasteiger partial charge is 0.159 e. The van der Waals surface area contributed by atoms with Crippen LogP contribution >= 0.6 is 0 Å². The Morgan fingerprint density at radius 3 is 2.21 bits per heavy atom. The molecule has 4 heteroatoms. The topological polar surface area (TPSA) is 62.0 Å². The Labute approximate surface area is 81.2 Å². The molecule has 0 saturated carbocycles. The molecule has 4 nitrogen and oxygen atoms in total. The number of hydrogen-bond donors (Lipinski definition) is 1. The van der Waals surface area contributed by atoms with Gasteiger partial charge in [0.2, 0.25) is 0 Å². The van der Waals surface area contributed by atoms with Crippen molar-refractivity contribution in [2.75, 3.05) is 0 Å². The molecule has 2 aromatic rings. The van der Waals surface area contributed by atoms with E-state index >= 15 is 0 Å². The third kappa shape index (κ3) is 1.64. The highest BCUT2D eigenvalue weighted by Crippen LogP contribution is 2.18. The number of hydrogen-bond acceptors (Lipinski definition) is 4. The van der Waals surface area contributed by atoms with Crippen LogP contribution in [0.2, 0.25) is 0 Å². The predicted octanol–water partition coefficient (Wildman–Crippen LogP) is 2.81. The first-order valence-corrected chi connectivity index (χ1v) is 4.15. The molecule has 1 aromatic carbocycles. The van der Waals surface area contributed by atoms with Gasteiger partial charge in [-0.25, -0.2) is 15.5 Å². The van der Waals surface area contributed by atoms with Crippen molar-refractivity contribution in [1.29, 1.82) is 5.53 Å². The van der Waals surface area contributed by atoms with E-state index in [-0.39, 0.29) is 0 Å². The lowest BCUT2D eigenvalue weighted by Crippen LogP contribution is -1.85. The van der Waals surface area contributed by atoms with E-state index in [0.29, 0.717) is 11.5 Å². The predicted molar refractivity (Wildman–Crippen MR) is 52.3 cm³/mol. The Morgan fingerprint density at radius 2 is 1.64 bits per heavy atom. The summed E-state index contributed by atoms with van der Waals surface area (Å²) < 4.78 is 0. The van der Waals surface area contributed by atoms with Crippen LogP contribution in [0.25, 0.3) is 11.4 Å². The minimum absolute atomic E-state index is 0.629. The van der Waals surface area contributed by atoms with Crippen LogP contribution in [-0.4, -0.2) is 9.97 Å². The number of aromatic nitrogens is 2. The summed E-state index contributed by atoms with van der Waals surface area (Å²) in [7, 11) is 0. The van der Waals surface area contributed by atoms with Crippen molar-refractivity contribution in [1.82, 2.24) is 9.97 Å². The van der Waals surface area contributed by atoms with Gasteiger partial charge in [0.15, 0.2) is 5.82 Å². The molecular formula is C10H8N4. The average Bonchev–Trinajstić information content (AvgIpc) is 2.30. The summed E-state index contributed by atoms with van der Waals surface area (Å²) in [5.74, 6) is 0.684.